The highest BCUT2D eigenvalue weighted by molar-refractivity contribution is 5.80. The number of benzene rings is 3. The maximum atomic E-state index is 9.73. The Balaban J connectivity index is 1.63. The maximum absolute atomic E-state index is 9.73. The van der Waals surface area contributed by atoms with Gasteiger partial charge in [-0.25, -0.2) is 0 Å². The Hall–Kier alpha value is -2.91. The van der Waals surface area contributed by atoms with Crippen molar-refractivity contribution in [1.29, 1.82) is 0 Å². The predicted octanol–water partition coefficient (Wildman–Crippen LogP) is 6.17. The van der Waals surface area contributed by atoms with Crippen molar-refractivity contribution in [2.75, 3.05) is 13.1 Å². The lowest BCUT2D eigenvalue weighted by atomic mass is 9.97. The summed E-state index contributed by atoms with van der Waals surface area (Å²) in [5.74, 6) is 0.273. The smallest absolute Gasteiger partial charge is 0.116 e. The molecule has 0 aliphatic carbocycles. The number of aliphatic imine (C=N–C) groups is 1. The number of phenols is 1. The molecule has 0 amide bonds. The molecule has 4 rings (SSSR count). The second kappa shape index (κ2) is 10.2. The Kier molecular flexibility index (Phi) is 6.94. The van der Waals surface area contributed by atoms with Gasteiger partial charge in [-0.1, -0.05) is 85.6 Å². The fourth-order valence-electron chi connectivity index (χ4n) is 4.48. The van der Waals surface area contributed by atoms with Crippen LogP contribution >= 0.6 is 0 Å². The molecule has 0 saturated carbocycles. The van der Waals surface area contributed by atoms with E-state index < -0.39 is 0 Å². The first-order valence-electron chi connectivity index (χ1n) is 11.0. The van der Waals surface area contributed by atoms with Gasteiger partial charge in [-0.15, -0.1) is 0 Å². The van der Waals surface area contributed by atoms with Gasteiger partial charge in [0.05, 0.1) is 12.6 Å². The minimum absolute atomic E-state index is 0.225. The Morgan fingerprint density at radius 3 is 2.43 bits per heavy atom. The fourth-order valence-corrected chi connectivity index (χ4v) is 4.48. The lowest BCUT2D eigenvalue weighted by molar-refractivity contribution is 0.140. The van der Waals surface area contributed by atoms with Crippen LogP contribution in [-0.2, 0) is 0 Å². The van der Waals surface area contributed by atoms with Crippen molar-refractivity contribution in [3.8, 4) is 5.75 Å². The molecule has 1 heterocycles. The number of phenolic OH excluding ortho intramolecular Hbond substituents is 1. The Morgan fingerprint density at radius 2 is 1.67 bits per heavy atom. The number of rotatable bonds is 6. The first-order valence-corrected chi connectivity index (χ1v) is 11.0. The topological polar surface area (TPSA) is 35.8 Å². The quantitative estimate of drug-likeness (QED) is 0.504. The molecule has 1 N–H and O–H groups in total. The van der Waals surface area contributed by atoms with Gasteiger partial charge in [0.25, 0.3) is 0 Å². The lowest BCUT2D eigenvalue weighted by Gasteiger charge is -2.37. The molecule has 0 unspecified atom stereocenters. The van der Waals surface area contributed by atoms with Crippen LogP contribution < -0.4 is 0 Å². The van der Waals surface area contributed by atoms with Crippen LogP contribution in [-0.4, -0.2) is 29.3 Å². The van der Waals surface area contributed by atoms with Crippen molar-refractivity contribution in [3.05, 3.63) is 102 Å². The van der Waals surface area contributed by atoms with E-state index in [1.807, 2.05) is 18.3 Å². The summed E-state index contributed by atoms with van der Waals surface area (Å²) in [6.07, 6.45) is 6.84. The zero-order valence-corrected chi connectivity index (χ0v) is 17.4. The van der Waals surface area contributed by atoms with Crippen LogP contribution in [0.15, 0.2) is 89.9 Å². The number of nitrogens with zero attached hydrogens (tertiary/aromatic N) is 2. The van der Waals surface area contributed by atoms with Gasteiger partial charge in [-0.05, 0) is 48.2 Å². The molecule has 0 radical (unpaired) electrons. The Morgan fingerprint density at radius 1 is 0.900 bits per heavy atom. The van der Waals surface area contributed by atoms with Crippen molar-refractivity contribution in [2.24, 2.45) is 4.99 Å². The van der Waals surface area contributed by atoms with Gasteiger partial charge < -0.3 is 5.11 Å². The van der Waals surface area contributed by atoms with Crippen LogP contribution in [0.25, 0.3) is 0 Å². The molecule has 3 nitrogen and oxygen atoms in total. The van der Waals surface area contributed by atoms with Gasteiger partial charge >= 0.3 is 0 Å². The van der Waals surface area contributed by atoms with E-state index in [1.54, 1.807) is 12.1 Å². The summed E-state index contributed by atoms with van der Waals surface area (Å²) in [6.45, 7) is 1.78. The van der Waals surface area contributed by atoms with E-state index in [2.05, 4.69) is 65.6 Å². The van der Waals surface area contributed by atoms with Crippen LogP contribution in [0.3, 0.4) is 0 Å². The summed E-state index contributed by atoms with van der Waals surface area (Å²) in [6, 6.07) is 29.6. The highest BCUT2D eigenvalue weighted by Gasteiger charge is 2.29. The summed E-state index contributed by atoms with van der Waals surface area (Å²) in [4.78, 5) is 7.48. The molecule has 30 heavy (non-hydrogen) atoms. The summed E-state index contributed by atoms with van der Waals surface area (Å²) in [5, 5.41) is 9.73. The van der Waals surface area contributed by atoms with E-state index in [0.29, 0.717) is 12.6 Å². The Bertz CT molecular complexity index is 939. The van der Waals surface area contributed by atoms with Gasteiger partial charge in [0.2, 0.25) is 0 Å². The number of likely N-dealkylation sites (tertiary alicyclic amines) is 1. The highest BCUT2D eigenvalue weighted by atomic mass is 16.3. The zero-order valence-electron chi connectivity index (χ0n) is 17.4. The maximum Gasteiger partial charge on any atom is 0.116 e. The van der Waals surface area contributed by atoms with E-state index in [0.717, 1.165) is 12.1 Å². The first-order chi connectivity index (χ1) is 14.8. The third-order valence-electron chi connectivity index (χ3n) is 5.95. The molecule has 0 spiro atoms. The molecule has 2 atom stereocenters. The second-order valence-corrected chi connectivity index (χ2v) is 8.03. The summed E-state index contributed by atoms with van der Waals surface area (Å²) >= 11 is 0. The largest absolute Gasteiger partial charge is 0.508 e. The van der Waals surface area contributed by atoms with Crippen molar-refractivity contribution >= 4 is 6.21 Å². The van der Waals surface area contributed by atoms with Crippen LogP contribution in [0.2, 0.25) is 0 Å². The highest BCUT2D eigenvalue weighted by Crippen LogP contribution is 2.37. The summed E-state index contributed by atoms with van der Waals surface area (Å²) in [5.41, 5.74) is 3.64. The molecule has 3 heteroatoms. The Labute approximate surface area is 179 Å². The second-order valence-electron chi connectivity index (χ2n) is 8.03. The average molecular weight is 399 g/mol. The van der Waals surface area contributed by atoms with Crippen molar-refractivity contribution in [3.63, 3.8) is 0 Å². The molecule has 1 saturated heterocycles. The summed E-state index contributed by atoms with van der Waals surface area (Å²) < 4.78 is 0. The molecule has 0 bridgehead atoms. The van der Waals surface area contributed by atoms with Crippen molar-refractivity contribution in [1.82, 2.24) is 4.90 Å². The van der Waals surface area contributed by atoms with Gasteiger partial charge in [-0.3, -0.25) is 9.89 Å². The molecule has 154 valence electrons. The van der Waals surface area contributed by atoms with Gasteiger partial charge in [0.15, 0.2) is 0 Å². The van der Waals surface area contributed by atoms with E-state index in [9.17, 15) is 5.11 Å². The van der Waals surface area contributed by atoms with E-state index >= 15 is 0 Å². The van der Waals surface area contributed by atoms with E-state index in [-0.39, 0.29) is 11.8 Å². The zero-order chi connectivity index (χ0) is 20.6. The van der Waals surface area contributed by atoms with Crippen molar-refractivity contribution < 1.29 is 5.11 Å². The molecule has 1 aliphatic rings. The van der Waals surface area contributed by atoms with Gasteiger partial charge in [0, 0.05) is 12.3 Å². The summed E-state index contributed by atoms with van der Waals surface area (Å²) in [7, 11) is 0. The van der Waals surface area contributed by atoms with E-state index in [4.69, 9.17) is 4.99 Å². The first kappa shape index (κ1) is 20.4. The van der Waals surface area contributed by atoms with Crippen LogP contribution in [0, 0.1) is 0 Å². The fraction of sp³-hybridized carbons (Fsp3) is 0.296. The minimum Gasteiger partial charge on any atom is -0.508 e. The number of hydrogen-bond acceptors (Lipinski definition) is 3. The average Bonchev–Trinajstić information content (AvgIpc) is 3.04. The lowest BCUT2D eigenvalue weighted by Crippen LogP contribution is -2.34. The van der Waals surface area contributed by atoms with E-state index in [1.165, 1.54) is 36.8 Å². The van der Waals surface area contributed by atoms with Gasteiger partial charge in [0.1, 0.15) is 5.75 Å². The molecular weight excluding hydrogens is 368 g/mol. The number of aromatic hydroxyl groups is 1. The third kappa shape index (κ3) is 5.17. The van der Waals surface area contributed by atoms with Crippen LogP contribution in [0.4, 0.5) is 0 Å². The van der Waals surface area contributed by atoms with Crippen LogP contribution in [0.1, 0.15) is 54.5 Å². The molecule has 1 fully saturated rings. The number of hydrogen-bond donors (Lipinski definition) is 1. The monoisotopic (exact) mass is 398 g/mol. The normalized spacial score (nSPS) is 18.9. The standard InChI is InChI=1S/C27H30N2O/c30-25-16-10-11-22(19-25)20-28-21-27(24-14-6-2-7-15-24)29-18-9-3-8-17-26(29)23-12-4-1-5-13-23/h1-2,4-7,10-16,19-20,26-27,30H,3,8-9,17-18,21H2/t26-,27-/m0/s1. The van der Waals surface area contributed by atoms with Crippen LogP contribution in [0.5, 0.6) is 5.75 Å². The molecule has 0 aromatic heterocycles. The molecule has 1 aliphatic heterocycles. The molecule has 3 aromatic carbocycles. The van der Waals surface area contributed by atoms with Crippen molar-refractivity contribution in [2.45, 2.75) is 37.8 Å². The predicted molar refractivity (Wildman–Crippen MR) is 124 cm³/mol. The third-order valence-corrected chi connectivity index (χ3v) is 5.95. The molecular formula is C27H30N2O. The molecule has 3 aromatic rings. The SMILES string of the molecule is Oc1cccc(C=NC[C@@H](c2ccccc2)N2CCCCC[C@H]2c2ccccc2)c1. The van der Waals surface area contributed by atoms with Gasteiger partial charge in [-0.2, -0.15) is 0 Å². The minimum atomic E-state index is 0.225.